The van der Waals surface area contributed by atoms with Gasteiger partial charge in [-0.2, -0.15) is 0 Å². The standard InChI is InChI=1S/C23H24N2O5S/c1-31(27,28)25-17-6-4-5-16(13-17)21(26)15-24-11-12-29-18-9-10-20-19-7-2-3-8-22(19)30-23(20)14-18/h2-10,13-14,21,24-26H,11-12,15H2,1H3. The van der Waals surface area contributed by atoms with E-state index in [1.54, 1.807) is 24.3 Å². The number of hydrogen-bond donors (Lipinski definition) is 3. The molecule has 7 nitrogen and oxygen atoms in total. The third-order valence-corrected chi connectivity index (χ3v) is 5.42. The van der Waals surface area contributed by atoms with Crippen LogP contribution in [-0.4, -0.2) is 39.5 Å². The predicted molar refractivity (Wildman–Crippen MR) is 122 cm³/mol. The summed E-state index contributed by atoms with van der Waals surface area (Å²) in [6.45, 7) is 1.28. The van der Waals surface area contributed by atoms with Gasteiger partial charge in [-0.05, 0) is 35.9 Å². The monoisotopic (exact) mass is 440 g/mol. The smallest absolute Gasteiger partial charge is 0.229 e. The minimum Gasteiger partial charge on any atom is -0.492 e. The Morgan fingerprint density at radius 2 is 1.81 bits per heavy atom. The Morgan fingerprint density at radius 3 is 2.65 bits per heavy atom. The molecule has 0 spiro atoms. The molecule has 0 radical (unpaired) electrons. The second-order valence-electron chi connectivity index (χ2n) is 7.32. The lowest BCUT2D eigenvalue weighted by molar-refractivity contribution is 0.172. The fourth-order valence-electron chi connectivity index (χ4n) is 3.42. The number of sulfonamides is 1. The molecule has 162 valence electrons. The highest BCUT2D eigenvalue weighted by Crippen LogP contribution is 2.30. The van der Waals surface area contributed by atoms with E-state index < -0.39 is 16.1 Å². The molecule has 1 atom stereocenters. The van der Waals surface area contributed by atoms with Crippen molar-refractivity contribution in [2.24, 2.45) is 0 Å². The first kappa shape index (κ1) is 21.2. The van der Waals surface area contributed by atoms with Crippen LogP contribution in [0.3, 0.4) is 0 Å². The molecule has 3 aromatic carbocycles. The third-order valence-electron chi connectivity index (χ3n) is 4.81. The van der Waals surface area contributed by atoms with E-state index in [0.717, 1.165) is 28.2 Å². The van der Waals surface area contributed by atoms with Crippen molar-refractivity contribution < 1.29 is 22.7 Å². The van der Waals surface area contributed by atoms with E-state index in [1.165, 1.54) is 0 Å². The minimum atomic E-state index is -3.36. The highest BCUT2D eigenvalue weighted by atomic mass is 32.2. The zero-order valence-electron chi connectivity index (χ0n) is 17.0. The molecule has 1 aromatic heterocycles. The molecule has 1 unspecified atom stereocenters. The maximum atomic E-state index is 11.4. The average Bonchev–Trinajstić information content (AvgIpc) is 3.10. The zero-order valence-corrected chi connectivity index (χ0v) is 17.9. The molecule has 0 saturated carbocycles. The molecular weight excluding hydrogens is 416 g/mol. The van der Waals surface area contributed by atoms with Gasteiger partial charge in [0.25, 0.3) is 0 Å². The molecule has 4 aromatic rings. The van der Waals surface area contributed by atoms with Crippen molar-refractivity contribution in [1.29, 1.82) is 0 Å². The summed E-state index contributed by atoms with van der Waals surface area (Å²) < 4.78 is 36.8. The van der Waals surface area contributed by atoms with Crippen LogP contribution in [0.4, 0.5) is 5.69 Å². The second-order valence-corrected chi connectivity index (χ2v) is 9.07. The first-order chi connectivity index (χ1) is 14.9. The Balaban J connectivity index is 1.27. The van der Waals surface area contributed by atoms with E-state index in [1.807, 2.05) is 42.5 Å². The van der Waals surface area contributed by atoms with E-state index in [0.29, 0.717) is 36.7 Å². The number of aliphatic hydroxyl groups is 1. The maximum absolute atomic E-state index is 11.4. The number of ether oxygens (including phenoxy) is 1. The number of benzene rings is 3. The van der Waals surface area contributed by atoms with Crippen LogP contribution in [0, 0.1) is 0 Å². The van der Waals surface area contributed by atoms with Crippen molar-refractivity contribution in [2.45, 2.75) is 6.10 Å². The molecule has 0 aliphatic rings. The van der Waals surface area contributed by atoms with Crippen LogP contribution in [0.2, 0.25) is 0 Å². The van der Waals surface area contributed by atoms with Gasteiger partial charge in [-0.15, -0.1) is 0 Å². The lowest BCUT2D eigenvalue weighted by atomic mass is 10.1. The molecule has 0 fully saturated rings. The van der Waals surface area contributed by atoms with Gasteiger partial charge in [0, 0.05) is 35.6 Å². The van der Waals surface area contributed by atoms with Crippen molar-refractivity contribution in [3.8, 4) is 5.75 Å². The van der Waals surface area contributed by atoms with E-state index >= 15 is 0 Å². The number of hydrogen-bond acceptors (Lipinski definition) is 6. The molecule has 4 rings (SSSR count). The fraction of sp³-hybridized carbons (Fsp3) is 0.217. The van der Waals surface area contributed by atoms with Crippen LogP contribution >= 0.6 is 0 Å². The summed E-state index contributed by atoms with van der Waals surface area (Å²) in [5.74, 6) is 0.716. The van der Waals surface area contributed by atoms with Crippen molar-refractivity contribution in [3.63, 3.8) is 0 Å². The largest absolute Gasteiger partial charge is 0.492 e. The Labute approximate surface area is 180 Å². The summed E-state index contributed by atoms with van der Waals surface area (Å²) in [6.07, 6.45) is 0.317. The molecular formula is C23H24N2O5S. The SMILES string of the molecule is CS(=O)(=O)Nc1cccc(C(O)CNCCOc2ccc3c(c2)oc2ccccc23)c1. The molecule has 0 aliphatic carbocycles. The fourth-order valence-corrected chi connectivity index (χ4v) is 3.97. The summed E-state index contributed by atoms with van der Waals surface area (Å²) in [7, 11) is -3.36. The Morgan fingerprint density at radius 1 is 1.00 bits per heavy atom. The van der Waals surface area contributed by atoms with Gasteiger partial charge in [0.2, 0.25) is 10.0 Å². The van der Waals surface area contributed by atoms with Crippen LogP contribution < -0.4 is 14.8 Å². The predicted octanol–water partition coefficient (Wildman–Crippen LogP) is 3.66. The molecule has 0 amide bonds. The lowest BCUT2D eigenvalue weighted by Crippen LogP contribution is -2.26. The first-order valence-corrected chi connectivity index (χ1v) is 11.8. The van der Waals surface area contributed by atoms with Crippen molar-refractivity contribution in [1.82, 2.24) is 5.32 Å². The number of nitrogens with one attached hydrogen (secondary N) is 2. The molecule has 0 bridgehead atoms. The highest BCUT2D eigenvalue weighted by molar-refractivity contribution is 7.92. The number of anilines is 1. The minimum absolute atomic E-state index is 0.314. The van der Waals surface area contributed by atoms with Crippen molar-refractivity contribution in [2.75, 3.05) is 30.7 Å². The summed E-state index contributed by atoms with van der Waals surface area (Å²) in [5.41, 5.74) is 2.67. The van der Waals surface area contributed by atoms with Gasteiger partial charge in [-0.25, -0.2) is 8.42 Å². The Kier molecular flexibility index (Phi) is 6.13. The maximum Gasteiger partial charge on any atom is 0.229 e. The quantitative estimate of drug-likeness (QED) is 0.344. The van der Waals surface area contributed by atoms with E-state index in [2.05, 4.69) is 10.0 Å². The van der Waals surface area contributed by atoms with Crippen LogP contribution in [0.25, 0.3) is 21.9 Å². The van der Waals surface area contributed by atoms with Gasteiger partial charge >= 0.3 is 0 Å². The number of rotatable bonds is 9. The molecule has 8 heteroatoms. The van der Waals surface area contributed by atoms with E-state index in [-0.39, 0.29) is 0 Å². The average molecular weight is 441 g/mol. The second kappa shape index (κ2) is 8.97. The lowest BCUT2D eigenvalue weighted by Gasteiger charge is -2.14. The first-order valence-electron chi connectivity index (χ1n) is 9.90. The number of aliphatic hydroxyl groups excluding tert-OH is 1. The van der Waals surface area contributed by atoms with Crippen LogP contribution in [0.15, 0.2) is 71.1 Å². The number of fused-ring (bicyclic) bond motifs is 3. The number of para-hydroxylation sites is 1. The van der Waals surface area contributed by atoms with Gasteiger partial charge in [-0.3, -0.25) is 4.72 Å². The summed E-state index contributed by atoms with van der Waals surface area (Å²) in [6, 6.07) is 20.4. The van der Waals surface area contributed by atoms with E-state index in [4.69, 9.17) is 9.15 Å². The van der Waals surface area contributed by atoms with Gasteiger partial charge in [0.15, 0.2) is 0 Å². The highest BCUT2D eigenvalue weighted by Gasteiger charge is 2.10. The van der Waals surface area contributed by atoms with Crippen LogP contribution in [0.1, 0.15) is 11.7 Å². The summed E-state index contributed by atoms with van der Waals surface area (Å²) >= 11 is 0. The van der Waals surface area contributed by atoms with Gasteiger partial charge < -0.3 is 19.6 Å². The molecule has 0 aliphatic heterocycles. The topological polar surface area (TPSA) is 101 Å². The molecule has 3 N–H and O–H groups in total. The van der Waals surface area contributed by atoms with Crippen LogP contribution in [-0.2, 0) is 10.0 Å². The normalized spacial score (nSPS) is 12.8. The molecule has 0 saturated heterocycles. The zero-order chi connectivity index (χ0) is 21.8. The third kappa shape index (κ3) is 5.35. The van der Waals surface area contributed by atoms with Gasteiger partial charge in [0.05, 0.1) is 12.4 Å². The summed E-state index contributed by atoms with van der Waals surface area (Å²) in [4.78, 5) is 0. The van der Waals surface area contributed by atoms with Gasteiger partial charge in [-0.1, -0.05) is 30.3 Å². The summed E-state index contributed by atoms with van der Waals surface area (Å²) in [5, 5.41) is 15.6. The Bertz CT molecular complexity index is 1300. The van der Waals surface area contributed by atoms with Crippen molar-refractivity contribution >= 4 is 37.6 Å². The molecule has 31 heavy (non-hydrogen) atoms. The van der Waals surface area contributed by atoms with Crippen molar-refractivity contribution in [3.05, 3.63) is 72.3 Å². The molecule has 1 heterocycles. The van der Waals surface area contributed by atoms with Gasteiger partial charge in [0.1, 0.15) is 23.5 Å². The van der Waals surface area contributed by atoms with E-state index in [9.17, 15) is 13.5 Å². The number of furan rings is 1. The van der Waals surface area contributed by atoms with Crippen LogP contribution in [0.5, 0.6) is 5.75 Å². The Hall–Kier alpha value is -3.07.